The molecule has 0 aliphatic heterocycles. The monoisotopic (exact) mass is 221 g/mol. The molecule has 1 N–H and O–H groups in total. The fraction of sp³-hybridized carbons (Fsp3) is 0.333. The van der Waals surface area contributed by atoms with Crippen molar-refractivity contribution in [3.8, 4) is 0 Å². The van der Waals surface area contributed by atoms with Crippen LogP contribution in [-0.4, -0.2) is 28.9 Å². The molecular formula is C12H15NO3. The summed E-state index contributed by atoms with van der Waals surface area (Å²) in [5.41, 5.74) is 2.14. The van der Waals surface area contributed by atoms with E-state index in [0.717, 1.165) is 12.0 Å². The van der Waals surface area contributed by atoms with E-state index in [1.54, 1.807) is 0 Å². The molecule has 4 heteroatoms. The molecule has 0 radical (unpaired) electrons. The van der Waals surface area contributed by atoms with Crippen LogP contribution in [0.2, 0.25) is 0 Å². The summed E-state index contributed by atoms with van der Waals surface area (Å²) in [6.07, 6.45) is 0.962. The Hall–Kier alpha value is -1.84. The Labute approximate surface area is 94.5 Å². The second kappa shape index (κ2) is 5.30. The Balaban J connectivity index is 2.66. The van der Waals surface area contributed by atoms with Gasteiger partial charge in [0.15, 0.2) is 0 Å². The average molecular weight is 221 g/mol. The molecule has 0 bridgehead atoms. The molecule has 0 aliphatic carbocycles. The van der Waals surface area contributed by atoms with E-state index in [1.807, 2.05) is 24.3 Å². The third-order valence-corrected chi connectivity index (χ3v) is 2.38. The maximum absolute atomic E-state index is 11.1. The molecule has 0 aromatic heterocycles. The van der Waals surface area contributed by atoms with Gasteiger partial charge in [0.05, 0.1) is 0 Å². The minimum atomic E-state index is -1.42. The van der Waals surface area contributed by atoms with E-state index in [-0.39, 0.29) is 0 Å². The van der Waals surface area contributed by atoms with Crippen molar-refractivity contribution >= 4 is 11.9 Å². The number of hydrogen-bond acceptors (Lipinski definition) is 2. The van der Waals surface area contributed by atoms with Crippen LogP contribution in [0.4, 0.5) is 0 Å². The quantitative estimate of drug-likeness (QED) is 0.782. The largest absolute Gasteiger partial charge is 0.474 e. The maximum Gasteiger partial charge on any atom is 0.394 e. The molecule has 1 aromatic carbocycles. The molecule has 0 saturated carbocycles. The van der Waals surface area contributed by atoms with Crippen LogP contribution in [-0.2, 0) is 22.6 Å². The Kier molecular flexibility index (Phi) is 4.05. The number of carboxylic acids is 1. The van der Waals surface area contributed by atoms with Gasteiger partial charge in [0.1, 0.15) is 0 Å². The standard InChI is InChI=1S/C12H15NO3/c1-3-9-4-6-10(7-5-9)8-13(2)11(14)12(15)16/h4-7H,3,8H2,1-2H3,(H,15,16). The summed E-state index contributed by atoms with van der Waals surface area (Å²) in [6.45, 7) is 2.38. The van der Waals surface area contributed by atoms with Crippen LogP contribution in [0.5, 0.6) is 0 Å². The van der Waals surface area contributed by atoms with Gasteiger partial charge < -0.3 is 10.0 Å². The van der Waals surface area contributed by atoms with E-state index < -0.39 is 11.9 Å². The molecule has 0 heterocycles. The Morgan fingerprint density at radius 3 is 2.12 bits per heavy atom. The van der Waals surface area contributed by atoms with E-state index in [9.17, 15) is 9.59 Å². The maximum atomic E-state index is 11.1. The van der Waals surface area contributed by atoms with Gasteiger partial charge in [0, 0.05) is 13.6 Å². The van der Waals surface area contributed by atoms with Crippen molar-refractivity contribution in [2.75, 3.05) is 7.05 Å². The molecule has 0 atom stereocenters. The normalized spacial score (nSPS) is 9.88. The van der Waals surface area contributed by atoms with Crippen LogP contribution in [0.1, 0.15) is 18.1 Å². The van der Waals surface area contributed by atoms with E-state index in [2.05, 4.69) is 6.92 Å². The summed E-state index contributed by atoms with van der Waals surface area (Å²) in [5.74, 6) is -2.31. The van der Waals surface area contributed by atoms with Gasteiger partial charge >= 0.3 is 11.9 Å². The molecule has 0 fully saturated rings. The zero-order chi connectivity index (χ0) is 12.1. The molecule has 0 saturated heterocycles. The highest BCUT2D eigenvalue weighted by molar-refractivity contribution is 6.31. The number of likely N-dealkylation sites (N-methyl/N-ethyl adjacent to an activating group) is 1. The zero-order valence-corrected chi connectivity index (χ0v) is 9.43. The van der Waals surface area contributed by atoms with Crippen molar-refractivity contribution in [1.82, 2.24) is 4.90 Å². The number of amides is 1. The number of carbonyl (C=O) groups excluding carboxylic acids is 1. The van der Waals surface area contributed by atoms with Crippen molar-refractivity contribution in [3.05, 3.63) is 35.4 Å². The molecule has 0 unspecified atom stereocenters. The lowest BCUT2D eigenvalue weighted by Crippen LogP contribution is -2.32. The van der Waals surface area contributed by atoms with E-state index >= 15 is 0 Å². The van der Waals surface area contributed by atoms with Crippen LogP contribution in [0.3, 0.4) is 0 Å². The Morgan fingerprint density at radius 2 is 1.69 bits per heavy atom. The van der Waals surface area contributed by atoms with Crippen LogP contribution in [0.25, 0.3) is 0 Å². The van der Waals surface area contributed by atoms with Crippen molar-refractivity contribution in [2.45, 2.75) is 19.9 Å². The van der Waals surface area contributed by atoms with Crippen molar-refractivity contribution < 1.29 is 14.7 Å². The van der Waals surface area contributed by atoms with Gasteiger partial charge in [-0.2, -0.15) is 0 Å². The summed E-state index contributed by atoms with van der Waals surface area (Å²) in [7, 11) is 1.48. The van der Waals surface area contributed by atoms with Crippen molar-refractivity contribution in [2.24, 2.45) is 0 Å². The van der Waals surface area contributed by atoms with Crippen molar-refractivity contribution in [1.29, 1.82) is 0 Å². The van der Waals surface area contributed by atoms with Crippen LogP contribution < -0.4 is 0 Å². The highest BCUT2D eigenvalue weighted by atomic mass is 16.4. The first-order chi connectivity index (χ1) is 7.54. The average Bonchev–Trinajstić information content (AvgIpc) is 2.28. The molecular weight excluding hydrogens is 206 g/mol. The predicted octanol–water partition coefficient (Wildman–Crippen LogP) is 1.29. The van der Waals surface area contributed by atoms with E-state index in [0.29, 0.717) is 6.54 Å². The summed E-state index contributed by atoms with van der Waals surface area (Å²) in [6, 6.07) is 7.78. The molecule has 4 nitrogen and oxygen atoms in total. The second-order valence-corrected chi connectivity index (χ2v) is 3.64. The lowest BCUT2D eigenvalue weighted by molar-refractivity contribution is -0.155. The van der Waals surface area contributed by atoms with Gasteiger partial charge in [-0.05, 0) is 17.5 Å². The van der Waals surface area contributed by atoms with Gasteiger partial charge in [0.2, 0.25) is 0 Å². The molecule has 1 amide bonds. The Bertz CT molecular complexity index is 384. The van der Waals surface area contributed by atoms with Gasteiger partial charge in [-0.15, -0.1) is 0 Å². The topological polar surface area (TPSA) is 57.6 Å². The molecule has 16 heavy (non-hydrogen) atoms. The summed E-state index contributed by atoms with van der Waals surface area (Å²) < 4.78 is 0. The van der Waals surface area contributed by atoms with Crippen LogP contribution >= 0.6 is 0 Å². The van der Waals surface area contributed by atoms with E-state index in [1.165, 1.54) is 17.5 Å². The number of rotatable bonds is 3. The highest BCUT2D eigenvalue weighted by Crippen LogP contribution is 2.07. The lowest BCUT2D eigenvalue weighted by atomic mass is 10.1. The zero-order valence-electron chi connectivity index (χ0n) is 9.43. The number of carbonyl (C=O) groups is 2. The third kappa shape index (κ3) is 3.08. The number of nitrogens with zero attached hydrogens (tertiary/aromatic N) is 1. The summed E-state index contributed by atoms with van der Waals surface area (Å²) in [5, 5.41) is 8.52. The van der Waals surface area contributed by atoms with Crippen LogP contribution in [0, 0.1) is 0 Å². The lowest BCUT2D eigenvalue weighted by Gasteiger charge is -2.14. The smallest absolute Gasteiger partial charge is 0.394 e. The van der Waals surface area contributed by atoms with Crippen molar-refractivity contribution in [3.63, 3.8) is 0 Å². The van der Waals surface area contributed by atoms with Gasteiger partial charge in [-0.25, -0.2) is 4.79 Å². The minimum absolute atomic E-state index is 0.315. The fourth-order valence-electron chi connectivity index (χ4n) is 1.39. The first kappa shape index (κ1) is 12.2. The highest BCUT2D eigenvalue weighted by Gasteiger charge is 2.16. The Morgan fingerprint density at radius 1 is 1.19 bits per heavy atom. The SMILES string of the molecule is CCc1ccc(CN(C)C(=O)C(=O)O)cc1. The first-order valence-corrected chi connectivity index (χ1v) is 5.10. The predicted molar refractivity (Wildman–Crippen MR) is 59.9 cm³/mol. The third-order valence-electron chi connectivity index (χ3n) is 2.38. The van der Waals surface area contributed by atoms with Gasteiger partial charge in [0.25, 0.3) is 0 Å². The fourth-order valence-corrected chi connectivity index (χ4v) is 1.39. The number of carboxylic acid groups (broad SMARTS) is 1. The first-order valence-electron chi connectivity index (χ1n) is 5.10. The molecule has 0 spiro atoms. The van der Waals surface area contributed by atoms with Gasteiger partial charge in [-0.3, -0.25) is 4.79 Å². The molecule has 0 aliphatic rings. The van der Waals surface area contributed by atoms with Crippen LogP contribution in [0.15, 0.2) is 24.3 Å². The second-order valence-electron chi connectivity index (χ2n) is 3.64. The number of hydrogen-bond donors (Lipinski definition) is 1. The molecule has 1 aromatic rings. The van der Waals surface area contributed by atoms with E-state index in [4.69, 9.17) is 5.11 Å². The minimum Gasteiger partial charge on any atom is -0.474 e. The number of benzene rings is 1. The molecule has 1 rings (SSSR count). The number of aliphatic carboxylic acids is 1. The summed E-state index contributed by atoms with van der Waals surface area (Å²) in [4.78, 5) is 22.7. The summed E-state index contributed by atoms with van der Waals surface area (Å²) >= 11 is 0. The number of aryl methyl sites for hydroxylation is 1. The molecule has 86 valence electrons. The van der Waals surface area contributed by atoms with Gasteiger partial charge in [-0.1, -0.05) is 31.2 Å².